The van der Waals surface area contributed by atoms with E-state index in [2.05, 4.69) is 5.32 Å². The van der Waals surface area contributed by atoms with E-state index in [4.69, 9.17) is 9.47 Å². The van der Waals surface area contributed by atoms with Crippen LogP contribution in [-0.4, -0.2) is 18.7 Å². The molecular formula is C13H19NO3. The van der Waals surface area contributed by atoms with Gasteiger partial charge in [0, 0.05) is 11.1 Å². The fourth-order valence-corrected chi connectivity index (χ4v) is 1.31. The highest BCUT2D eigenvalue weighted by molar-refractivity contribution is 5.68. The SMILES string of the molecule is COc1ccccc1COC(=O)NC(C)(C)C. The third kappa shape index (κ3) is 4.76. The maximum absolute atomic E-state index is 11.5. The number of rotatable bonds is 3. The Balaban J connectivity index is 2.53. The maximum Gasteiger partial charge on any atom is 0.407 e. The lowest BCUT2D eigenvalue weighted by atomic mass is 10.1. The van der Waals surface area contributed by atoms with Gasteiger partial charge < -0.3 is 14.8 Å². The van der Waals surface area contributed by atoms with Gasteiger partial charge in [0.1, 0.15) is 12.4 Å². The van der Waals surface area contributed by atoms with Crippen LogP contribution in [0.1, 0.15) is 26.3 Å². The Morgan fingerprint density at radius 1 is 1.29 bits per heavy atom. The minimum atomic E-state index is -0.427. The minimum absolute atomic E-state index is 0.200. The summed E-state index contributed by atoms with van der Waals surface area (Å²) in [7, 11) is 1.59. The zero-order chi connectivity index (χ0) is 12.9. The van der Waals surface area contributed by atoms with Crippen molar-refractivity contribution in [2.24, 2.45) is 0 Å². The average Bonchev–Trinajstić information content (AvgIpc) is 2.24. The summed E-state index contributed by atoms with van der Waals surface area (Å²) in [5.74, 6) is 0.719. The number of hydrogen-bond donors (Lipinski definition) is 1. The largest absolute Gasteiger partial charge is 0.496 e. The number of benzene rings is 1. The number of ether oxygens (including phenoxy) is 2. The second-order valence-corrected chi connectivity index (χ2v) is 4.76. The third-order valence-corrected chi connectivity index (χ3v) is 2.03. The highest BCUT2D eigenvalue weighted by Crippen LogP contribution is 2.18. The Morgan fingerprint density at radius 3 is 2.53 bits per heavy atom. The Hall–Kier alpha value is -1.71. The molecule has 0 radical (unpaired) electrons. The molecule has 0 aliphatic heterocycles. The van der Waals surface area contributed by atoms with Gasteiger partial charge in [-0.05, 0) is 26.8 Å². The van der Waals surface area contributed by atoms with Gasteiger partial charge in [0.2, 0.25) is 0 Å². The lowest BCUT2D eigenvalue weighted by Gasteiger charge is -2.20. The third-order valence-electron chi connectivity index (χ3n) is 2.03. The molecule has 1 rings (SSSR count). The van der Waals surface area contributed by atoms with Gasteiger partial charge in [-0.3, -0.25) is 0 Å². The highest BCUT2D eigenvalue weighted by Gasteiger charge is 2.15. The number of hydrogen-bond acceptors (Lipinski definition) is 3. The second-order valence-electron chi connectivity index (χ2n) is 4.76. The molecule has 94 valence electrons. The molecule has 1 aromatic rings. The van der Waals surface area contributed by atoms with Gasteiger partial charge in [0.15, 0.2) is 0 Å². The standard InChI is InChI=1S/C13H19NO3/c1-13(2,3)14-12(15)17-9-10-7-5-6-8-11(10)16-4/h5-8H,9H2,1-4H3,(H,14,15). The first-order chi connectivity index (χ1) is 7.92. The van der Waals surface area contributed by atoms with Crippen molar-refractivity contribution in [1.82, 2.24) is 5.32 Å². The van der Waals surface area contributed by atoms with E-state index in [1.807, 2.05) is 45.0 Å². The molecule has 1 N–H and O–H groups in total. The first-order valence-corrected chi connectivity index (χ1v) is 5.49. The molecule has 0 aliphatic carbocycles. The van der Waals surface area contributed by atoms with Crippen molar-refractivity contribution in [3.05, 3.63) is 29.8 Å². The number of amides is 1. The van der Waals surface area contributed by atoms with Crippen molar-refractivity contribution in [1.29, 1.82) is 0 Å². The average molecular weight is 237 g/mol. The molecule has 1 amide bonds. The zero-order valence-electron chi connectivity index (χ0n) is 10.7. The molecule has 0 aliphatic rings. The van der Waals surface area contributed by atoms with E-state index in [0.717, 1.165) is 11.3 Å². The van der Waals surface area contributed by atoms with Crippen molar-refractivity contribution >= 4 is 6.09 Å². The molecule has 0 atom stereocenters. The van der Waals surface area contributed by atoms with Crippen molar-refractivity contribution in [3.63, 3.8) is 0 Å². The fraction of sp³-hybridized carbons (Fsp3) is 0.462. The Morgan fingerprint density at radius 2 is 1.94 bits per heavy atom. The zero-order valence-corrected chi connectivity index (χ0v) is 10.7. The number of nitrogens with one attached hydrogen (secondary N) is 1. The van der Waals surface area contributed by atoms with E-state index >= 15 is 0 Å². The van der Waals surface area contributed by atoms with Crippen LogP contribution in [0.3, 0.4) is 0 Å². The van der Waals surface area contributed by atoms with Gasteiger partial charge in [-0.1, -0.05) is 18.2 Å². The molecule has 0 saturated heterocycles. The van der Waals surface area contributed by atoms with E-state index in [-0.39, 0.29) is 12.1 Å². The van der Waals surface area contributed by atoms with Crippen LogP contribution in [0.2, 0.25) is 0 Å². The highest BCUT2D eigenvalue weighted by atomic mass is 16.5. The lowest BCUT2D eigenvalue weighted by molar-refractivity contribution is 0.130. The monoisotopic (exact) mass is 237 g/mol. The summed E-state index contributed by atoms with van der Waals surface area (Å²) in [4.78, 5) is 11.5. The molecule has 0 spiro atoms. The summed E-state index contributed by atoms with van der Waals surface area (Å²) < 4.78 is 10.3. The molecule has 0 heterocycles. The summed E-state index contributed by atoms with van der Waals surface area (Å²) in [6, 6.07) is 7.45. The molecule has 0 bridgehead atoms. The molecule has 0 aromatic heterocycles. The molecule has 0 saturated carbocycles. The van der Waals surface area contributed by atoms with Gasteiger partial charge in [0.05, 0.1) is 7.11 Å². The predicted molar refractivity (Wildman–Crippen MR) is 66.1 cm³/mol. The smallest absolute Gasteiger partial charge is 0.407 e. The summed E-state index contributed by atoms with van der Waals surface area (Å²) in [6.45, 7) is 5.90. The van der Waals surface area contributed by atoms with E-state index in [1.54, 1.807) is 7.11 Å². The molecule has 0 unspecified atom stereocenters. The number of para-hydroxylation sites is 1. The fourth-order valence-electron chi connectivity index (χ4n) is 1.31. The van der Waals surface area contributed by atoms with Crippen LogP contribution in [0.25, 0.3) is 0 Å². The van der Waals surface area contributed by atoms with E-state index in [0.29, 0.717) is 0 Å². The van der Waals surface area contributed by atoms with Crippen LogP contribution in [0.4, 0.5) is 4.79 Å². The van der Waals surface area contributed by atoms with Crippen LogP contribution in [0.15, 0.2) is 24.3 Å². The minimum Gasteiger partial charge on any atom is -0.496 e. The van der Waals surface area contributed by atoms with Crippen LogP contribution in [-0.2, 0) is 11.3 Å². The molecule has 4 heteroatoms. The quantitative estimate of drug-likeness (QED) is 0.879. The predicted octanol–water partition coefficient (Wildman–Crippen LogP) is 2.72. The van der Waals surface area contributed by atoms with Crippen LogP contribution >= 0.6 is 0 Å². The molecule has 1 aromatic carbocycles. The van der Waals surface area contributed by atoms with Gasteiger partial charge in [-0.15, -0.1) is 0 Å². The van der Waals surface area contributed by atoms with Crippen molar-refractivity contribution < 1.29 is 14.3 Å². The summed E-state index contributed by atoms with van der Waals surface area (Å²) >= 11 is 0. The van der Waals surface area contributed by atoms with Gasteiger partial charge in [-0.25, -0.2) is 4.79 Å². The lowest BCUT2D eigenvalue weighted by Crippen LogP contribution is -2.40. The molecule has 17 heavy (non-hydrogen) atoms. The maximum atomic E-state index is 11.5. The summed E-state index contributed by atoms with van der Waals surface area (Å²) in [6.07, 6.45) is -0.427. The number of alkyl carbamates (subject to hydrolysis) is 1. The normalized spacial score (nSPS) is 10.8. The van der Waals surface area contributed by atoms with Crippen LogP contribution in [0.5, 0.6) is 5.75 Å². The Kier molecular flexibility index (Phi) is 4.37. The summed E-state index contributed by atoms with van der Waals surface area (Å²) in [5.41, 5.74) is 0.553. The number of carbonyl (C=O) groups is 1. The topological polar surface area (TPSA) is 47.6 Å². The summed E-state index contributed by atoms with van der Waals surface area (Å²) in [5, 5.41) is 2.72. The number of methoxy groups -OCH3 is 1. The van der Waals surface area contributed by atoms with E-state index in [1.165, 1.54) is 0 Å². The van der Waals surface area contributed by atoms with Gasteiger partial charge >= 0.3 is 6.09 Å². The molecular weight excluding hydrogens is 218 g/mol. The Bertz CT molecular complexity index is 382. The van der Waals surface area contributed by atoms with Crippen molar-refractivity contribution in [2.75, 3.05) is 7.11 Å². The van der Waals surface area contributed by atoms with Crippen LogP contribution < -0.4 is 10.1 Å². The molecule has 4 nitrogen and oxygen atoms in total. The van der Waals surface area contributed by atoms with Crippen LogP contribution in [0, 0.1) is 0 Å². The van der Waals surface area contributed by atoms with Crippen molar-refractivity contribution in [2.45, 2.75) is 32.9 Å². The van der Waals surface area contributed by atoms with E-state index < -0.39 is 6.09 Å². The first-order valence-electron chi connectivity index (χ1n) is 5.49. The first kappa shape index (κ1) is 13.4. The second kappa shape index (κ2) is 5.57. The molecule has 0 fully saturated rings. The van der Waals surface area contributed by atoms with Crippen molar-refractivity contribution in [3.8, 4) is 5.75 Å². The van der Waals surface area contributed by atoms with Gasteiger partial charge in [0.25, 0.3) is 0 Å². The number of carbonyl (C=O) groups excluding carboxylic acids is 1. The Labute approximate surface area is 102 Å². The van der Waals surface area contributed by atoms with E-state index in [9.17, 15) is 4.79 Å². The van der Waals surface area contributed by atoms with Gasteiger partial charge in [-0.2, -0.15) is 0 Å².